The van der Waals surface area contributed by atoms with Gasteiger partial charge in [-0.25, -0.2) is 0 Å². The molecule has 0 spiro atoms. The highest BCUT2D eigenvalue weighted by Crippen LogP contribution is 2.31. The highest BCUT2D eigenvalue weighted by molar-refractivity contribution is 5.68. The van der Waals surface area contributed by atoms with Crippen LogP contribution in [-0.2, 0) is 10.8 Å². The molecule has 0 heteroatoms. The van der Waals surface area contributed by atoms with Crippen LogP contribution in [0.3, 0.4) is 0 Å². The molecule has 2 aromatic carbocycles. The smallest absolute Gasteiger partial charge is 0.0132 e. The van der Waals surface area contributed by atoms with Crippen LogP contribution >= 0.6 is 0 Å². The zero-order valence-corrected chi connectivity index (χ0v) is 14.5. The topological polar surface area (TPSA) is 0 Å². The first-order valence-corrected chi connectivity index (χ1v) is 7.81. The molecule has 0 aliphatic carbocycles. The maximum atomic E-state index is 2.35. The van der Waals surface area contributed by atoms with Crippen LogP contribution in [-0.4, -0.2) is 0 Å². The lowest BCUT2D eigenvalue weighted by molar-refractivity contribution is 0.590. The van der Waals surface area contributed by atoms with Gasteiger partial charge in [-0.15, -0.1) is 0 Å². The zero-order valence-electron chi connectivity index (χ0n) is 14.5. The van der Waals surface area contributed by atoms with Gasteiger partial charge in [0.2, 0.25) is 0 Å². The molecule has 0 aliphatic rings. The molecule has 112 valence electrons. The van der Waals surface area contributed by atoms with E-state index in [1.807, 2.05) is 0 Å². The first-order chi connectivity index (χ1) is 9.59. The average molecular weight is 280 g/mol. The normalized spacial score (nSPS) is 12.5. The van der Waals surface area contributed by atoms with Crippen molar-refractivity contribution >= 4 is 0 Å². The summed E-state index contributed by atoms with van der Waals surface area (Å²) in [5.41, 5.74) is 7.18. The third kappa shape index (κ3) is 3.56. The Bertz CT molecular complexity index is 617. The van der Waals surface area contributed by atoms with Crippen LogP contribution in [0.2, 0.25) is 0 Å². The lowest BCUT2D eigenvalue weighted by Gasteiger charge is -2.22. The number of hydrogen-bond donors (Lipinski definition) is 0. The molecule has 0 aliphatic heterocycles. The fourth-order valence-electron chi connectivity index (χ4n) is 2.55. The molecule has 0 amide bonds. The van der Waals surface area contributed by atoms with E-state index in [-0.39, 0.29) is 10.8 Å². The molecule has 0 bridgehead atoms. The second kappa shape index (κ2) is 5.33. The van der Waals surface area contributed by atoms with Crippen molar-refractivity contribution in [2.24, 2.45) is 0 Å². The van der Waals surface area contributed by atoms with E-state index in [0.29, 0.717) is 0 Å². The lowest BCUT2D eigenvalue weighted by Crippen LogP contribution is -2.11. The molecule has 21 heavy (non-hydrogen) atoms. The van der Waals surface area contributed by atoms with Gasteiger partial charge in [-0.3, -0.25) is 0 Å². The van der Waals surface area contributed by atoms with E-state index < -0.39 is 0 Å². The summed E-state index contributed by atoms with van der Waals surface area (Å²) < 4.78 is 0. The van der Waals surface area contributed by atoms with Crippen molar-refractivity contribution in [2.45, 2.75) is 59.3 Å². The number of rotatable bonds is 1. The molecule has 0 saturated heterocycles. The minimum atomic E-state index is 0.188. The summed E-state index contributed by atoms with van der Waals surface area (Å²) in [7, 11) is 0. The third-order valence-corrected chi connectivity index (χ3v) is 4.17. The van der Waals surface area contributed by atoms with E-state index >= 15 is 0 Å². The van der Waals surface area contributed by atoms with E-state index in [1.165, 1.54) is 27.8 Å². The molecule has 0 aromatic heterocycles. The number of benzene rings is 2. The van der Waals surface area contributed by atoms with Crippen molar-refractivity contribution in [2.75, 3.05) is 0 Å². The summed E-state index contributed by atoms with van der Waals surface area (Å²) in [5, 5.41) is 0. The van der Waals surface area contributed by atoms with Crippen molar-refractivity contribution in [3.8, 4) is 11.1 Å². The van der Waals surface area contributed by atoms with E-state index in [0.717, 1.165) is 0 Å². The standard InChI is InChI=1S/C21H28/c1-15-8-11-18(21(5,6)7)14-19(15)16-9-12-17(13-10-16)20(2,3)4/h8-14H,1-7H3. The fraction of sp³-hybridized carbons (Fsp3) is 0.429. The van der Waals surface area contributed by atoms with Crippen LogP contribution in [0.25, 0.3) is 11.1 Å². The minimum absolute atomic E-state index is 0.188. The fourth-order valence-corrected chi connectivity index (χ4v) is 2.55. The maximum absolute atomic E-state index is 2.35. The van der Waals surface area contributed by atoms with Gasteiger partial charge in [0.25, 0.3) is 0 Å². The van der Waals surface area contributed by atoms with Crippen LogP contribution < -0.4 is 0 Å². The number of hydrogen-bond acceptors (Lipinski definition) is 0. The van der Waals surface area contributed by atoms with Crippen molar-refractivity contribution in [1.82, 2.24) is 0 Å². The van der Waals surface area contributed by atoms with Gasteiger partial charge < -0.3 is 0 Å². The van der Waals surface area contributed by atoms with Crippen LogP contribution in [0.5, 0.6) is 0 Å². The molecule has 0 fully saturated rings. The van der Waals surface area contributed by atoms with Gasteiger partial charge in [0, 0.05) is 0 Å². The Hall–Kier alpha value is -1.56. The average Bonchev–Trinajstić information content (AvgIpc) is 2.37. The lowest BCUT2D eigenvalue weighted by atomic mass is 9.83. The van der Waals surface area contributed by atoms with Gasteiger partial charge in [-0.2, -0.15) is 0 Å². The highest BCUT2D eigenvalue weighted by Gasteiger charge is 2.16. The molecule has 0 saturated carbocycles. The second-order valence-corrected chi connectivity index (χ2v) is 8.11. The van der Waals surface area contributed by atoms with E-state index in [1.54, 1.807) is 0 Å². The molecule has 0 nitrogen and oxygen atoms in total. The Kier molecular flexibility index (Phi) is 4.02. The maximum Gasteiger partial charge on any atom is -0.0132 e. The summed E-state index contributed by atoms with van der Waals surface area (Å²) in [6, 6.07) is 15.9. The zero-order chi connectivity index (χ0) is 15.8. The van der Waals surface area contributed by atoms with Crippen LogP contribution in [0, 0.1) is 6.92 Å². The Morgan fingerprint density at radius 1 is 0.619 bits per heavy atom. The summed E-state index contributed by atoms with van der Waals surface area (Å²) in [5.74, 6) is 0. The Morgan fingerprint density at radius 2 is 1.10 bits per heavy atom. The van der Waals surface area contributed by atoms with Crippen molar-refractivity contribution in [3.05, 3.63) is 59.2 Å². The number of aryl methyl sites for hydroxylation is 1. The van der Waals surface area contributed by atoms with Crippen LogP contribution in [0.4, 0.5) is 0 Å². The second-order valence-electron chi connectivity index (χ2n) is 8.11. The summed E-state index contributed by atoms with van der Waals surface area (Å²) in [6.45, 7) is 15.8. The van der Waals surface area contributed by atoms with Gasteiger partial charge in [-0.1, -0.05) is 84.0 Å². The van der Waals surface area contributed by atoms with Gasteiger partial charge in [0.15, 0.2) is 0 Å². The van der Waals surface area contributed by atoms with Crippen LogP contribution in [0.15, 0.2) is 42.5 Å². The van der Waals surface area contributed by atoms with E-state index in [4.69, 9.17) is 0 Å². The quantitative estimate of drug-likeness (QED) is 0.578. The molecule has 2 aromatic rings. The molecular formula is C21H28. The molecule has 0 heterocycles. The predicted octanol–water partition coefficient (Wildman–Crippen LogP) is 6.26. The SMILES string of the molecule is Cc1ccc(C(C)(C)C)cc1-c1ccc(C(C)(C)C)cc1. The van der Waals surface area contributed by atoms with Gasteiger partial charge in [0.1, 0.15) is 0 Å². The molecular weight excluding hydrogens is 252 g/mol. The monoisotopic (exact) mass is 280 g/mol. The summed E-state index contributed by atoms with van der Waals surface area (Å²) in [4.78, 5) is 0. The third-order valence-electron chi connectivity index (χ3n) is 4.17. The molecule has 2 rings (SSSR count). The Labute approximate surface area is 130 Å². The first-order valence-electron chi connectivity index (χ1n) is 7.81. The predicted molar refractivity (Wildman–Crippen MR) is 94.0 cm³/mol. The van der Waals surface area contributed by atoms with Crippen molar-refractivity contribution in [1.29, 1.82) is 0 Å². The molecule has 0 atom stereocenters. The molecule has 0 unspecified atom stereocenters. The first kappa shape index (κ1) is 15.8. The molecule has 0 N–H and O–H groups in total. The summed E-state index contributed by atoms with van der Waals surface area (Å²) >= 11 is 0. The minimum Gasteiger partial charge on any atom is -0.0584 e. The Balaban J connectivity index is 2.47. The van der Waals surface area contributed by atoms with E-state index in [9.17, 15) is 0 Å². The largest absolute Gasteiger partial charge is 0.0584 e. The van der Waals surface area contributed by atoms with Crippen molar-refractivity contribution in [3.63, 3.8) is 0 Å². The van der Waals surface area contributed by atoms with E-state index in [2.05, 4.69) is 90.9 Å². The van der Waals surface area contributed by atoms with Crippen molar-refractivity contribution < 1.29 is 0 Å². The Morgan fingerprint density at radius 3 is 1.57 bits per heavy atom. The van der Waals surface area contributed by atoms with Gasteiger partial charge in [-0.05, 0) is 45.6 Å². The van der Waals surface area contributed by atoms with Crippen LogP contribution in [0.1, 0.15) is 58.2 Å². The molecule has 0 radical (unpaired) electrons. The summed E-state index contributed by atoms with van der Waals surface area (Å²) in [6.07, 6.45) is 0. The van der Waals surface area contributed by atoms with Gasteiger partial charge >= 0.3 is 0 Å². The highest BCUT2D eigenvalue weighted by atomic mass is 14.2. The van der Waals surface area contributed by atoms with Gasteiger partial charge in [0.05, 0.1) is 0 Å².